The monoisotopic (exact) mass is 277 g/mol. The molecular weight excluding hydrogens is 250 g/mol. The van der Waals surface area contributed by atoms with Crippen LogP contribution in [-0.2, 0) is 7.05 Å². The number of hydrogen-bond acceptors (Lipinski definition) is 2. The summed E-state index contributed by atoms with van der Waals surface area (Å²) in [5.41, 5.74) is 3.09. The lowest BCUT2D eigenvalue weighted by atomic mass is 10.2. The van der Waals surface area contributed by atoms with Crippen molar-refractivity contribution in [3.8, 4) is 0 Å². The summed E-state index contributed by atoms with van der Waals surface area (Å²) in [7, 11) is 1.84. The number of hydrogen-bond donors (Lipinski definition) is 1. The normalized spacial score (nSPS) is 11.2. The first-order valence-corrected chi connectivity index (χ1v) is 7.15. The maximum atomic E-state index is 12.2. The molecule has 0 aromatic carbocycles. The fraction of sp³-hybridized carbons (Fsp3) is 0.500. The molecule has 4 heteroatoms. The molecular formula is C16H27N3O. The zero-order valence-electron chi connectivity index (χ0n) is 13.7. The summed E-state index contributed by atoms with van der Waals surface area (Å²) in [6.07, 6.45) is 6.75. The van der Waals surface area contributed by atoms with Crippen LogP contribution in [0.25, 0.3) is 0 Å². The number of nitrogens with one attached hydrogen (secondary N) is 1. The van der Waals surface area contributed by atoms with Crippen LogP contribution in [0.5, 0.6) is 0 Å². The Morgan fingerprint density at radius 3 is 2.35 bits per heavy atom. The highest BCUT2D eigenvalue weighted by molar-refractivity contribution is 5.97. The SMILES string of the molecule is C/C=C(\C=C/CC)NC(=O)c1c(C)nn(C)c1C.CC. The van der Waals surface area contributed by atoms with Crippen molar-refractivity contribution in [1.29, 1.82) is 0 Å². The molecule has 1 amide bonds. The number of nitrogens with zero attached hydrogens (tertiary/aromatic N) is 2. The molecule has 112 valence electrons. The van der Waals surface area contributed by atoms with E-state index in [9.17, 15) is 4.79 Å². The number of rotatable bonds is 4. The zero-order valence-corrected chi connectivity index (χ0v) is 13.7. The second kappa shape index (κ2) is 9.13. The molecule has 20 heavy (non-hydrogen) atoms. The number of allylic oxidation sites excluding steroid dienone is 3. The molecule has 0 fully saturated rings. The van der Waals surface area contributed by atoms with Crippen LogP contribution in [0.2, 0.25) is 0 Å². The number of carbonyl (C=O) groups is 1. The topological polar surface area (TPSA) is 46.9 Å². The summed E-state index contributed by atoms with van der Waals surface area (Å²) in [5.74, 6) is -0.105. The summed E-state index contributed by atoms with van der Waals surface area (Å²) < 4.78 is 1.72. The Morgan fingerprint density at radius 2 is 1.95 bits per heavy atom. The maximum absolute atomic E-state index is 12.2. The van der Waals surface area contributed by atoms with Crippen LogP contribution in [-0.4, -0.2) is 15.7 Å². The first kappa shape index (κ1) is 18.2. The van der Waals surface area contributed by atoms with Crippen molar-refractivity contribution < 1.29 is 4.79 Å². The molecule has 1 N–H and O–H groups in total. The third-order valence-corrected chi connectivity index (χ3v) is 2.84. The van der Waals surface area contributed by atoms with Gasteiger partial charge in [-0.25, -0.2) is 0 Å². The average Bonchev–Trinajstić information content (AvgIpc) is 2.70. The third-order valence-electron chi connectivity index (χ3n) is 2.84. The minimum absolute atomic E-state index is 0.105. The minimum atomic E-state index is -0.105. The van der Waals surface area contributed by atoms with E-state index in [1.807, 2.05) is 59.9 Å². The van der Waals surface area contributed by atoms with Gasteiger partial charge in [0.25, 0.3) is 5.91 Å². The lowest BCUT2D eigenvalue weighted by Gasteiger charge is -2.06. The fourth-order valence-electron chi connectivity index (χ4n) is 1.75. The molecule has 1 aromatic rings. The van der Waals surface area contributed by atoms with Crippen LogP contribution in [0, 0.1) is 13.8 Å². The molecule has 0 aliphatic rings. The molecule has 0 saturated carbocycles. The van der Waals surface area contributed by atoms with Gasteiger partial charge in [-0.15, -0.1) is 0 Å². The third kappa shape index (κ3) is 4.68. The smallest absolute Gasteiger partial charge is 0.259 e. The standard InChI is InChI=1S/C14H21N3O.C2H6/c1-6-8-9-12(7-2)15-14(18)13-10(3)16-17(5)11(13)4;1-2/h7-9H,6H2,1-5H3,(H,15,18);1-2H3/b9-8-,12-7+;. The lowest BCUT2D eigenvalue weighted by Crippen LogP contribution is -2.23. The van der Waals surface area contributed by atoms with E-state index in [0.29, 0.717) is 5.56 Å². The van der Waals surface area contributed by atoms with Gasteiger partial charge in [-0.05, 0) is 33.3 Å². The van der Waals surface area contributed by atoms with Gasteiger partial charge in [-0.3, -0.25) is 9.48 Å². The van der Waals surface area contributed by atoms with Gasteiger partial charge in [0.2, 0.25) is 0 Å². The largest absolute Gasteiger partial charge is 0.322 e. The Morgan fingerprint density at radius 1 is 1.35 bits per heavy atom. The highest BCUT2D eigenvalue weighted by Crippen LogP contribution is 2.12. The molecule has 4 nitrogen and oxygen atoms in total. The van der Waals surface area contributed by atoms with Gasteiger partial charge in [-0.2, -0.15) is 5.10 Å². The number of aromatic nitrogens is 2. The predicted octanol–water partition coefficient (Wildman–Crippen LogP) is 3.66. The molecule has 0 radical (unpaired) electrons. The summed E-state index contributed by atoms with van der Waals surface area (Å²) in [6, 6.07) is 0. The molecule has 0 spiro atoms. The van der Waals surface area contributed by atoms with Crippen molar-refractivity contribution in [3.63, 3.8) is 0 Å². The van der Waals surface area contributed by atoms with Crippen molar-refractivity contribution in [2.75, 3.05) is 0 Å². The van der Waals surface area contributed by atoms with Crippen LogP contribution >= 0.6 is 0 Å². The van der Waals surface area contributed by atoms with E-state index >= 15 is 0 Å². The first-order valence-electron chi connectivity index (χ1n) is 7.15. The van der Waals surface area contributed by atoms with Crippen molar-refractivity contribution in [2.45, 2.75) is 48.0 Å². The van der Waals surface area contributed by atoms with Crippen LogP contribution < -0.4 is 5.32 Å². The Kier molecular flexibility index (Phi) is 8.29. The summed E-state index contributed by atoms with van der Waals surface area (Å²) in [6.45, 7) is 11.7. The molecule has 0 atom stereocenters. The summed E-state index contributed by atoms with van der Waals surface area (Å²) >= 11 is 0. The van der Waals surface area contributed by atoms with E-state index in [-0.39, 0.29) is 5.91 Å². The summed E-state index contributed by atoms with van der Waals surface area (Å²) in [4.78, 5) is 12.2. The van der Waals surface area contributed by atoms with Gasteiger partial charge in [0.05, 0.1) is 11.3 Å². The van der Waals surface area contributed by atoms with Gasteiger partial charge >= 0.3 is 0 Å². The van der Waals surface area contributed by atoms with E-state index in [0.717, 1.165) is 23.5 Å². The fourth-order valence-corrected chi connectivity index (χ4v) is 1.75. The van der Waals surface area contributed by atoms with Gasteiger partial charge in [-0.1, -0.05) is 32.9 Å². The van der Waals surface area contributed by atoms with Gasteiger partial charge in [0, 0.05) is 18.4 Å². The molecule has 0 bridgehead atoms. The highest BCUT2D eigenvalue weighted by atomic mass is 16.1. The maximum Gasteiger partial charge on any atom is 0.259 e. The Hall–Kier alpha value is -1.84. The van der Waals surface area contributed by atoms with E-state index in [1.54, 1.807) is 4.68 Å². The van der Waals surface area contributed by atoms with Crippen molar-refractivity contribution in [1.82, 2.24) is 15.1 Å². The van der Waals surface area contributed by atoms with Crippen LogP contribution in [0.3, 0.4) is 0 Å². The summed E-state index contributed by atoms with van der Waals surface area (Å²) in [5, 5.41) is 7.14. The second-order valence-electron chi connectivity index (χ2n) is 4.18. The molecule has 1 rings (SSSR count). The number of carbonyl (C=O) groups excluding carboxylic acids is 1. The van der Waals surface area contributed by atoms with Crippen LogP contribution in [0.15, 0.2) is 23.9 Å². The average molecular weight is 277 g/mol. The van der Waals surface area contributed by atoms with E-state index < -0.39 is 0 Å². The highest BCUT2D eigenvalue weighted by Gasteiger charge is 2.17. The lowest BCUT2D eigenvalue weighted by molar-refractivity contribution is 0.0966. The number of amides is 1. The molecule has 0 unspecified atom stereocenters. The number of aryl methyl sites for hydroxylation is 2. The van der Waals surface area contributed by atoms with Crippen LogP contribution in [0.1, 0.15) is 55.9 Å². The Balaban J connectivity index is 0.00000172. The molecule has 0 aliphatic carbocycles. The van der Waals surface area contributed by atoms with E-state index in [1.165, 1.54) is 0 Å². The minimum Gasteiger partial charge on any atom is -0.322 e. The van der Waals surface area contributed by atoms with E-state index in [2.05, 4.69) is 17.3 Å². The molecule has 1 aromatic heterocycles. The molecule has 0 saturated heterocycles. The molecule has 0 aliphatic heterocycles. The van der Waals surface area contributed by atoms with Crippen molar-refractivity contribution >= 4 is 5.91 Å². The van der Waals surface area contributed by atoms with Crippen LogP contribution in [0.4, 0.5) is 0 Å². The quantitative estimate of drug-likeness (QED) is 0.854. The van der Waals surface area contributed by atoms with Crippen molar-refractivity contribution in [3.05, 3.63) is 40.9 Å². The van der Waals surface area contributed by atoms with E-state index in [4.69, 9.17) is 0 Å². The van der Waals surface area contributed by atoms with Gasteiger partial charge < -0.3 is 5.32 Å². The Bertz CT molecular complexity index is 496. The first-order chi connectivity index (χ1) is 9.51. The Labute approximate surface area is 122 Å². The van der Waals surface area contributed by atoms with Crippen molar-refractivity contribution in [2.24, 2.45) is 7.05 Å². The van der Waals surface area contributed by atoms with Gasteiger partial charge in [0.15, 0.2) is 0 Å². The zero-order chi connectivity index (χ0) is 15.7. The van der Waals surface area contributed by atoms with Gasteiger partial charge in [0.1, 0.15) is 0 Å². The molecule has 1 heterocycles. The second-order valence-corrected chi connectivity index (χ2v) is 4.18. The predicted molar refractivity (Wildman–Crippen MR) is 84.7 cm³/mol.